The number of nitrogens with zero attached hydrogens (tertiary/aromatic N) is 3. The van der Waals surface area contributed by atoms with E-state index in [4.69, 9.17) is 4.74 Å². The number of pyridine rings is 1. The summed E-state index contributed by atoms with van der Waals surface area (Å²) in [6.07, 6.45) is -8.84. The summed E-state index contributed by atoms with van der Waals surface area (Å²) in [4.78, 5) is 34.5. The van der Waals surface area contributed by atoms with Gasteiger partial charge in [0.2, 0.25) is 0 Å². The molecule has 4 rings (SSSR count). The van der Waals surface area contributed by atoms with E-state index >= 15 is 0 Å². The van der Waals surface area contributed by atoms with Gasteiger partial charge in [-0.25, -0.2) is 27.5 Å². The van der Waals surface area contributed by atoms with Gasteiger partial charge in [-0.2, -0.15) is 13.2 Å². The van der Waals surface area contributed by atoms with Gasteiger partial charge in [-0.3, -0.25) is 9.59 Å². The van der Waals surface area contributed by atoms with Crippen LogP contribution in [0.3, 0.4) is 0 Å². The van der Waals surface area contributed by atoms with Gasteiger partial charge in [-0.1, -0.05) is 0 Å². The quantitative estimate of drug-likeness (QED) is 0.414. The fourth-order valence-electron chi connectivity index (χ4n) is 4.30. The minimum atomic E-state index is -4.70. The molecule has 2 aliphatic rings. The van der Waals surface area contributed by atoms with Crippen LogP contribution in [0, 0.1) is 0 Å². The normalized spacial score (nSPS) is 23.5. The van der Waals surface area contributed by atoms with Gasteiger partial charge >= 0.3 is 6.18 Å². The van der Waals surface area contributed by atoms with E-state index in [1.54, 1.807) is 0 Å². The summed E-state index contributed by atoms with van der Waals surface area (Å²) >= 11 is 0.495. The number of rotatable bonds is 7. The molecule has 4 atom stereocenters. The first-order chi connectivity index (χ1) is 18.6. The molecule has 0 saturated carbocycles. The third kappa shape index (κ3) is 6.30. The molecule has 17 heteroatoms. The number of halogens is 7. The molecule has 3 N–H and O–H groups in total. The lowest BCUT2D eigenvalue weighted by Gasteiger charge is -2.21. The molecule has 2 aliphatic heterocycles. The molecule has 2 aromatic rings. The average Bonchev–Trinajstić information content (AvgIpc) is 3.54. The van der Waals surface area contributed by atoms with Crippen LogP contribution in [-0.4, -0.2) is 87.9 Å². The minimum Gasteiger partial charge on any atom is -0.388 e. The number of nitrogens with one attached hydrogen (secondary N) is 2. The monoisotopic (exact) mass is 599 g/mol. The van der Waals surface area contributed by atoms with Crippen LogP contribution in [0.5, 0.6) is 0 Å². The van der Waals surface area contributed by atoms with Crippen LogP contribution < -0.4 is 10.6 Å². The SMILES string of the molecule is C[C@H](Nc1cc(C(F)F)c(-c2sc(C(=O)N[C@H]3COC[C@@H]3O)nc2C(=O)N2CC(F)(F)C[C@@H]2C)cn1)C(F)(F)F. The molecule has 9 nitrogen and oxygen atoms in total. The number of aliphatic hydroxyl groups is 1. The van der Waals surface area contributed by atoms with E-state index in [2.05, 4.69) is 15.3 Å². The first-order valence-electron chi connectivity index (χ1n) is 12.0. The van der Waals surface area contributed by atoms with Crippen molar-refractivity contribution in [3.63, 3.8) is 0 Å². The number of likely N-dealkylation sites (tertiary alicyclic amines) is 1. The molecule has 0 radical (unpaired) electrons. The zero-order valence-corrected chi connectivity index (χ0v) is 21.8. The lowest BCUT2D eigenvalue weighted by atomic mass is 10.1. The van der Waals surface area contributed by atoms with Crippen LogP contribution in [0.1, 0.15) is 52.5 Å². The number of amides is 2. The lowest BCUT2D eigenvalue weighted by Crippen LogP contribution is -2.42. The maximum atomic E-state index is 14.1. The molecule has 220 valence electrons. The topological polar surface area (TPSA) is 117 Å². The van der Waals surface area contributed by atoms with Crippen molar-refractivity contribution in [2.45, 2.75) is 63.0 Å². The first-order valence-corrected chi connectivity index (χ1v) is 12.8. The van der Waals surface area contributed by atoms with Gasteiger partial charge in [0.15, 0.2) is 5.01 Å². The number of aliphatic hydroxyl groups excluding tert-OH is 1. The van der Waals surface area contributed by atoms with Crippen molar-refractivity contribution in [1.29, 1.82) is 0 Å². The Morgan fingerprint density at radius 1 is 1.27 bits per heavy atom. The number of alkyl halides is 7. The van der Waals surface area contributed by atoms with E-state index in [0.29, 0.717) is 17.4 Å². The Balaban J connectivity index is 1.76. The number of hydrogen-bond donors (Lipinski definition) is 3. The van der Waals surface area contributed by atoms with Crippen molar-refractivity contribution in [3.8, 4) is 10.4 Å². The maximum absolute atomic E-state index is 14.1. The Kier molecular flexibility index (Phi) is 8.29. The Labute approximate surface area is 226 Å². The largest absolute Gasteiger partial charge is 0.408 e. The highest BCUT2D eigenvalue weighted by Gasteiger charge is 2.46. The molecule has 40 heavy (non-hydrogen) atoms. The Bertz CT molecular complexity index is 1270. The van der Waals surface area contributed by atoms with E-state index in [9.17, 15) is 45.4 Å². The maximum Gasteiger partial charge on any atom is 0.408 e. The highest BCUT2D eigenvalue weighted by molar-refractivity contribution is 7.17. The Morgan fingerprint density at radius 3 is 2.52 bits per heavy atom. The first kappa shape index (κ1) is 29.9. The fraction of sp³-hybridized carbons (Fsp3) is 0.565. The van der Waals surface area contributed by atoms with E-state index in [1.165, 1.54) is 6.92 Å². The molecule has 2 fully saturated rings. The molecule has 0 unspecified atom stereocenters. The van der Waals surface area contributed by atoms with E-state index in [1.807, 2.05) is 5.32 Å². The molecule has 2 saturated heterocycles. The standard InChI is InChI=1S/C23H24F7N5O4S/c1-9-4-22(26,27)8-35(9)21(38)16-17(40-20(34-16)19(37)33-13-6-39-7-14(13)36)12-5-31-15(3-11(12)18(24)25)32-10(2)23(28,29)30/h3,5,9-10,13-14,18,36H,4,6-8H2,1-2H3,(H,31,32)(H,33,37)/t9-,10-,13-,14-/m0/s1. The van der Waals surface area contributed by atoms with Gasteiger partial charge in [-0.15, -0.1) is 11.3 Å². The van der Waals surface area contributed by atoms with Crippen molar-refractivity contribution in [2.75, 3.05) is 25.1 Å². The van der Waals surface area contributed by atoms with Crippen LogP contribution in [0.15, 0.2) is 12.3 Å². The third-order valence-corrected chi connectivity index (χ3v) is 7.54. The number of carbonyl (C=O) groups excluding carboxylic acids is 2. The lowest BCUT2D eigenvalue weighted by molar-refractivity contribution is -0.138. The number of aromatic nitrogens is 2. The van der Waals surface area contributed by atoms with Crippen molar-refractivity contribution >= 4 is 29.0 Å². The molecule has 2 aromatic heterocycles. The van der Waals surface area contributed by atoms with Gasteiger partial charge in [0.25, 0.3) is 24.2 Å². The van der Waals surface area contributed by atoms with Gasteiger partial charge in [0.1, 0.15) is 17.6 Å². The number of hydrogen-bond acceptors (Lipinski definition) is 8. The molecule has 0 aromatic carbocycles. The fourth-order valence-corrected chi connectivity index (χ4v) is 5.29. The van der Waals surface area contributed by atoms with Crippen LogP contribution >= 0.6 is 11.3 Å². The molecule has 0 spiro atoms. The number of thiazole rings is 1. The van der Waals surface area contributed by atoms with Crippen LogP contribution in [-0.2, 0) is 4.74 Å². The Hall–Kier alpha value is -3.05. The van der Waals surface area contributed by atoms with E-state index in [0.717, 1.165) is 18.0 Å². The predicted molar refractivity (Wildman–Crippen MR) is 128 cm³/mol. The summed E-state index contributed by atoms with van der Waals surface area (Å²) in [7, 11) is 0. The van der Waals surface area contributed by atoms with Crippen molar-refractivity contribution in [2.24, 2.45) is 0 Å². The summed E-state index contributed by atoms with van der Waals surface area (Å²) in [5, 5.41) is 14.0. The highest BCUT2D eigenvalue weighted by atomic mass is 32.1. The van der Waals surface area contributed by atoms with E-state index < -0.39 is 95.2 Å². The molecule has 4 heterocycles. The number of carbonyl (C=O) groups is 2. The molecular weight excluding hydrogens is 575 g/mol. The average molecular weight is 600 g/mol. The summed E-state index contributed by atoms with van der Waals surface area (Å²) in [6.45, 7) is 1.10. The van der Waals surface area contributed by atoms with Crippen LogP contribution in [0.25, 0.3) is 10.4 Å². The smallest absolute Gasteiger partial charge is 0.388 e. The Morgan fingerprint density at radius 2 is 1.98 bits per heavy atom. The van der Waals surface area contributed by atoms with Crippen LogP contribution in [0.2, 0.25) is 0 Å². The van der Waals surface area contributed by atoms with Crippen molar-refractivity contribution in [1.82, 2.24) is 20.2 Å². The molecule has 2 amide bonds. The summed E-state index contributed by atoms with van der Waals surface area (Å²) in [5.41, 5.74) is -1.81. The number of ether oxygens (including phenoxy) is 1. The molecule has 0 aliphatic carbocycles. The summed E-state index contributed by atoms with van der Waals surface area (Å²) < 4.78 is 100. The van der Waals surface area contributed by atoms with Crippen molar-refractivity contribution in [3.05, 3.63) is 28.5 Å². The summed E-state index contributed by atoms with van der Waals surface area (Å²) in [5.74, 6) is -5.67. The van der Waals surface area contributed by atoms with Gasteiger partial charge in [0.05, 0.1) is 36.8 Å². The second-order valence-corrected chi connectivity index (χ2v) is 10.6. The second kappa shape index (κ2) is 11.1. The second-order valence-electron chi connectivity index (χ2n) is 9.59. The van der Waals surface area contributed by atoms with Gasteiger partial charge in [0, 0.05) is 29.8 Å². The minimum absolute atomic E-state index is 0.0262. The molecular formula is C23H24F7N5O4S. The number of anilines is 1. The van der Waals surface area contributed by atoms with Crippen molar-refractivity contribution < 1.29 is 50.2 Å². The third-order valence-electron chi connectivity index (χ3n) is 6.45. The zero-order chi connectivity index (χ0) is 29.6. The van der Waals surface area contributed by atoms with Gasteiger partial charge < -0.3 is 25.4 Å². The molecule has 0 bridgehead atoms. The van der Waals surface area contributed by atoms with Crippen LogP contribution in [0.4, 0.5) is 36.6 Å². The highest BCUT2D eigenvalue weighted by Crippen LogP contribution is 2.40. The zero-order valence-electron chi connectivity index (χ0n) is 20.9. The van der Waals surface area contributed by atoms with E-state index in [-0.39, 0.29) is 18.1 Å². The predicted octanol–water partition coefficient (Wildman–Crippen LogP) is 3.86. The van der Waals surface area contributed by atoms with Gasteiger partial charge in [-0.05, 0) is 19.9 Å². The summed E-state index contributed by atoms with van der Waals surface area (Å²) in [6, 6.07) is -3.21.